The SMILES string of the molecule is CC.Cc1nc(-c2ccccc2)cc(-c2ccc(-c3ccccc3)cc2)n1. The highest BCUT2D eigenvalue weighted by molar-refractivity contribution is 5.71. The van der Waals surface area contributed by atoms with Crippen LogP contribution in [-0.4, -0.2) is 9.97 Å². The molecule has 2 nitrogen and oxygen atoms in total. The molecular weight excluding hydrogens is 328 g/mol. The Kier molecular flexibility index (Phi) is 6.11. The van der Waals surface area contributed by atoms with E-state index in [1.54, 1.807) is 0 Å². The lowest BCUT2D eigenvalue weighted by molar-refractivity contribution is 1.06. The van der Waals surface area contributed by atoms with Crippen LogP contribution in [-0.2, 0) is 0 Å². The molecule has 0 unspecified atom stereocenters. The molecule has 0 saturated carbocycles. The highest BCUT2D eigenvalue weighted by Crippen LogP contribution is 2.26. The maximum absolute atomic E-state index is 4.62. The fourth-order valence-electron chi connectivity index (χ4n) is 2.94. The summed E-state index contributed by atoms with van der Waals surface area (Å²) < 4.78 is 0. The number of hydrogen-bond donors (Lipinski definition) is 0. The molecule has 0 radical (unpaired) electrons. The summed E-state index contributed by atoms with van der Waals surface area (Å²) in [5.74, 6) is 0.781. The molecule has 3 aromatic carbocycles. The van der Waals surface area contributed by atoms with Crippen LogP contribution < -0.4 is 0 Å². The van der Waals surface area contributed by atoms with Crippen LogP contribution in [0.3, 0.4) is 0 Å². The summed E-state index contributed by atoms with van der Waals surface area (Å²) in [6.07, 6.45) is 0. The van der Waals surface area contributed by atoms with E-state index in [9.17, 15) is 0 Å². The lowest BCUT2D eigenvalue weighted by Gasteiger charge is -2.08. The Labute approximate surface area is 161 Å². The Morgan fingerprint density at radius 1 is 0.481 bits per heavy atom. The second-order valence-corrected chi connectivity index (χ2v) is 6.00. The van der Waals surface area contributed by atoms with Crippen molar-refractivity contribution in [1.29, 1.82) is 0 Å². The quantitative estimate of drug-likeness (QED) is 0.404. The van der Waals surface area contributed by atoms with Gasteiger partial charge in [-0.2, -0.15) is 0 Å². The molecule has 0 bridgehead atoms. The molecule has 1 heterocycles. The number of benzene rings is 3. The van der Waals surface area contributed by atoms with E-state index < -0.39 is 0 Å². The molecule has 0 atom stereocenters. The van der Waals surface area contributed by atoms with E-state index in [-0.39, 0.29) is 0 Å². The van der Waals surface area contributed by atoms with Crippen LogP contribution in [0.2, 0.25) is 0 Å². The highest BCUT2D eigenvalue weighted by Gasteiger charge is 2.07. The van der Waals surface area contributed by atoms with E-state index in [1.165, 1.54) is 11.1 Å². The first-order valence-corrected chi connectivity index (χ1v) is 9.36. The van der Waals surface area contributed by atoms with Crippen molar-refractivity contribution in [1.82, 2.24) is 9.97 Å². The fourth-order valence-corrected chi connectivity index (χ4v) is 2.94. The first-order valence-electron chi connectivity index (χ1n) is 9.36. The minimum absolute atomic E-state index is 0.781. The van der Waals surface area contributed by atoms with Crippen LogP contribution in [0.25, 0.3) is 33.6 Å². The van der Waals surface area contributed by atoms with E-state index in [2.05, 4.69) is 76.7 Å². The van der Waals surface area contributed by atoms with E-state index in [1.807, 2.05) is 45.0 Å². The molecule has 4 aromatic rings. The number of nitrogens with zero attached hydrogens (tertiary/aromatic N) is 2. The normalized spacial score (nSPS) is 10.0. The number of aromatic nitrogens is 2. The molecule has 0 fully saturated rings. The van der Waals surface area contributed by atoms with Gasteiger partial charge < -0.3 is 0 Å². The summed E-state index contributed by atoms with van der Waals surface area (Å²) in [4.78, 5) is 9.20. The summed E-state index contributed by atoms with van der Waals surface area (Å²) in [5.41, 5.74) is 6.54. The van der Waals surface area contributed by atoms with Gasteiger partial charge in [-0.25, -0.2) is 9.97 Å². The van der Waals surface area contributed by atoms with E-state index in [4.69, 9.17) is 0 Å². The van der Waals surface area contributed by atoms with Gasteiger partial charge in [0, 0.05) is 11.1 Å². The Hall–Kier alpha value is -3.26. The molecule has 0 aliphatic carbocycles. The zero-order chi connectivity index (χ0) is 19.1. The largest absolute Gasteiger partial charge is 0.233 e. The second kappa shape index (κ2) is 8.91. The van der Waals surface area contributed by atoms with Crippen molar-refractivity contribution in [3.05, 3.63) is 96.8 Å². The molecule has 27 heavy (non-hydrogen) atoms. The smallest absolute Gasteiger partial charge is 0.126 e. The Bertz CT molecular complexity index is 976. The maximum Gasteiger partial charge on any atom is 0.126 e. The third-order valence-electron chi connectivity index (χ3n) is 4.20. The number of hydrogen-bond acceptors (Lipinski definition) is 2. The summed E-state index contributed by atoms with van der Waals surface area (Å²) in [5, 5.41) is 0. The molecular formula is C25H24N2. The number of rotatable bonds is 3. The van der Waals surface area contributed by atoms with Crippen LogP contribution in [0.5, 0.6) is 0 Å². The molecule has 0 aliphatic rings. The number of aryl methyl sites for hydroxylation is 1. The lowest BCUT2D eigenvalue weighted by atomic mass is 10.0. The Morgan fingerprint density at radius 3 is 1.37 bits per heavy atom. The molecule has 0 saturated heterocycles. The third-order valence-corrected chi connectivity index (χ3v) is 4.20. The van der Waals surface area contributed by atoms with Gasteiger partial charge in [0.05, 0.1) is 11.4 Å². The van der Waals surface area contributed by atoms with Crippen molar-refractivity contribution in [2.24, 2.45) is 0 Å². The topological polar surface area (TPSA) is 25.8 Å². The van der Waals surface area contributed by atoms with Crippen LogP contribution in [0, 0.1) is 6.92 Å². The van der Waals surface area contributed by atoms with Crippen molar-refractivity contribution in [2.75, 3.05) is 0 Å². The standard InChI is InChI=1S/C23H18N2.C2H6/c1-17-24-22(20-10-6-3-7-11-20)16-23(25-17)21-14-12-19(13-15-21)18-8-4-2-5-9-18;1-2/h2-16H,1H3;1-2H3. The molecule has 0 amide bonds. The van der Waals surface area contributed by atoms with Crippen molar-refractivity contribution in [3.8, 4) is 33.6 Å². The molecule has 1 aromatic heterocycles. The Balaban J connectivity index is 0.00000102. The lowest BCUT2D eigenvalue weighted by Crippen LogP contribution is -1.94. The van der Waals surface area contributed by atoms with Gasteiger partial charge in [0.15, 0.2) is 0 Å². The molecule has 0 spiro atoms. The van der Waals surface area contributed by atoms with Crippen molar-refractivity contribution < 1.29 is 0 Å². The van der Waals surface area contributed by atoms with Crippen molar-refractivity contribution in [3.63, 3.8) is 0 Å². The van der Waals surface area contributed by atoms with Crippen LogP contribution in [0.15, 0.2) is 91.0 Å². The van der Waals surface area contributed by atoms with E-state index in [0.29, 0.717) is 0 Å². The van der Waals surface area contributed by atoms with Gasteiger partial charge in [-0.05, 0) is 24.1 Å². The van der Waals surface area contributed by atoms with Crippen LogP contribution in [0.1, 0.15) is 19.7 Å². The minimum atomic E-state index is 0.781. The molecule has 134 valence electrons. The van der Waals surface area contributed by atoms with Gasteiger partial charge in [-0.3, -0.25) is 0 Å². The van der Waals surface area contributed by atoms with Gasteiger partial charge in [0.1, 0.15) is 5.82 Å². The third kappa shape index (κ3) is 4.48. The minimum Gasteiger partial charge on any atom is -0.233 e. The average Bonchev–Trinajstić information content (AvgIpc) is 2.76. The summed E-state index contributed by atoms with van der Waals surface area (Å²) >= 11 is 0. The van der Waals surface area contributed by atoms with Gasteiger partial charge in [-0.15, -0.1) is 0 Å². The van der Waals surface area contributed by atoms with Crippen LogP contribution in [0.4, 0.5) is 0 Å². The van der Waals surface area contributed by atoms with Crippen molar-refractivity contribution >= 4 is 0 Å². The van der Waals surface area contributed by atoms with E-state index >= 15 is 0 Å². The first kappa shape index (κ1) is 18.5. The summed E-state index contributed by atoms with van der Waals surface area (Å²) in [6, 6.07) is 31.2. The molecule has 0 N–H and O–H groups in total. The van der Waals surface area contributed by atoms with Gasteiger partial charge in [-0.1, -0.05) is 98.8 Å². The van der Waals surface area contributed by atoms with Gasteiger partial charge in [0.25, 0.3) is 0 Å². The van der Waals surface area contributed by atoms with E-state index in [0.717, 1.165) is 28.3 Å². The molecule has 4 rings (SSSR count). The Morgan fingerprint density at radius 2 is 0.852 bits per heavy atom. The zero-order valence-corrected chi connectivity index (χ0v) is 16.1. The summed E-state index contributed by atoms with van der Waals surface area (Å²) in [6.45, 7) is 5.94. The molecule has 2 heteroatoms. The van der Waals surface area contributed by atoms with Gasteiger partial charge in [0.2, 0.25) is 0 Å². The van der Waals surface area contributed by atoms with Crippen LogP contribution >= 0.6 is 0 Å². The van der Waals surface area contributed by atoms with Crippen molar-refractivity contribution in [2.45, 2.75) is 20.8 Å². The first-order chi connectivity index (χ1) is 13.3. The monoisotopic (exact) mass is 352 g/mol. The molecule has 0 aliphatic heterocycles. The van der Waals surface area contributed by atoms with Gasteiger partial charge >= 0.3 is 0 Å². The maximum atomic E-state index is 4.62. The second-order valence-electron chi connectivity index (χ2n) is 6.00. The average molecular weight is 352 g/mol. The predicted octanol–water partition coefficient (Wildman–Crippen LogP) is 6.81. The zero-order valence-electron chi connectivity index (χ0n) is 16.1. The summed E-state index contributed by atoms with van der Waals surface area (Å²) in [7, 11) is 0. The predicted molar refractivity (Wildman–Crippen MR) is 114 cm³/mol. The fraction of sp³-hybridized carbons (Fsp3) is 0.120. The highest BCUT2D eigenvalue weighted by atomic mass is 14.9.